The van der Waals surface area contributed by atoms with Crippen LogP contribution in [-0.2, 0) is 4.74 Å². The van der Waals surface area contributed by atoms with Gasteiger partial charge in [0.25, 0.3) is 0 Å². The molecule has 0 spiro atoms. The summed E-state index contributed by atoms with van der Waals surface area (Å²) in [5.41, 5.74) is 2.70. The molecule has 94 valence electrons. The van der Waals surface area contributed by atoms with Gasteiger partial charge in [0.15, 0.2) is 0 Å². The average molecular weight is 233 g/mol. The molecule has 2 heteroatoms. The predicted molar refractivity (Wildman–Crippen MR) is 72.6 cm³/mol. The minimum absolute atomic E-state index is 0.382. The molecule has 0 amide bonds. The van der Waals surface area contributed by atoms with Crippen LogP contribution in [0.2, 0.25) is 0 Å². The zero-order chi connectivity index (χ0) is 12.3. The van der Waals surface area contributed by atoms with Crippen molar-refractivity contribution in [1.29, 1.82) is 0 Å². The van der Waals surface area contributed by atoms with Gasteiger partial charge in [-0.05, 0) is 37.3 Å². The highest BCUT2D eigenvalue weighted by Crippen LogP contribution is 2.26. The van der Waals surface area contributed by atoms with Crippen molar-refractivity contribution in [1.82, 2.24) is 0 Å². The SMILES string of the molecule is CC1CC(Nc2ccccc2C(C)C)CCO1. The highest BCUT2D eigenvalue weighted by Gasteiger charge is 2.19. The van der Waals surface area contributed by atoms with Crippen LogP contribution in [0.25, 0.3) is 0 Å². The molecule has 0 bridgehead atoms. The summed E-state index contributed by atoms with van der Waals surface area (Å²) >= 11 is 0. The van der Waals surface area contributed by atoms with Crippen molar-refractivity contribution >= 4 is 5.69 Å². The highest BCUT2D eigenvalue weighted by molar-refractivity contribution is 5.53. The van der Waals surface area contributed by atoms with Crippen molar-refractivity contribution in [3.63, 3.8) is 0 Å². The van der Waals surface area contributed by atoms with Crippen molar-refractivity contribution in [3.05, 3.63) is 29.8 Å². The van der Waals surface area contributed by atoms with E-state index in [1.165, 1.54) is 11.3 Å². The molecular formula is C15H23NO. The minimum Gasteiger partial charge on any atom is -0.382 e. The second-order valence-electron chi connectivity index (χ2n) is 5.29. The number of nitrogens with one attached hydrogen (secondary N) is 1. The van der Waals surface area contributed by atoms with Crippen LogP contribution in [0.5, 0.6) is 0 Å². The van der Waals surface area contributed by atoms with E-state index in [-0.39, 0.29) is 0 Å². The maximum Gasteiger partial charge on any atom is 0.0566 e. The molecule has 1 aliphatic rings. The van der Waals surface area contributed by atoms with Gasteiger partial charge in [0.05, 0.1) is 6.10 Å². The van der Waals surface area contributed by atoms with Gasteiger partial charge in [0.2, 0.25) is 0 Å². The highest BCUT2D eigenvalue weighted by atomic mass is 16.5. The van der Waals surface area contributed by atoms with E-state index in [9.17, 15) is 0 Å². The molecule has 1 heterocycles. The summed E-state index contributed by atoms with van der Waals surface area (Å²) in [7, 11) is 0. The molecule has 0 saturated carbocycles. The Balaban J connectivity index is 2.07. The maximum atomic E-state index is 5.58. The Hall–Kier alpha value is -1.02. The van der Waals surface area contributed by atoms with Gasteiger partial charge in [0, 0.05) is 18.3 Å². The minimum atomic E-state index is 0.382. The van der Waals surface area contributed by atoms with Crippen molar-refractivity contribution in [2.24, 2.45) is 0 Å². The lowest BCUT2D eigenvalue weighted by atomic mass is 9.99. The molecule has 1 saturated heterocycles. The number of ether oxygens (including phenoxy) is 1. The molecule has 2 nitrogen and oxygen atoms in total. The van der Waals surface area contributed by atoms with E-state index in [2.05, 4.69) is 50.4 Å². The van der Waals surface area contributed by atoms with Gasteiger partial charge in [-0.1, -0.05) is 32.0 Å². The van der Waals surface area contributed by atoms with Crippen molar-refractivity contribution in [2.75, 3.05) is 11.9 Å². The van der Waals surface area contributed by atoms with Crippen LogP contribution in [0.1, 0.15) is 45.1 Å². The molecule has 1 N–H and O–H groups in total. The normalized spacial score (nSPS) is 24.9. The fourth-order valence-corrected chi connectivity index (χ4v) is 2.48. The Kier molecular flexibility index (Phi) is 4.06. The summed E-state index contributed by atoms with van der Waals surface area (Å²) in [6.07, 6.45) is 2.59. The Morgan fingerprint density at radius 2 is 2.06 bits per heavy atom. The lowest BCUT2D eigenvalue weighted by Gasteiger charge is -2.29. The van der Waals surface area contributed by atoms with Gasteiger partial charge in [0.1, 0.15) is 0 Å². The monoisotopic (exact) mass is 233 g/mol. The lowest BCUT2D eigenvalue weighted by molar-refractivity contribution is 0.0232. The molecule has 1 aliphatic heterocycles. The van der Waals surface area contributed by atoms with E-state index in [1.807, 2.05) is 0 Å². The summed E-state index contributed by atoms with van der Waals surface area (Å²) in [5.74, 6) is 0.566. The Bertz CT molecular complexity index is 362. The molecule has 1 fully saturated rings. The summed E-state index contributed by atoms with van der Waals surface area (Å²) in [6, 6.07) is 9.19. The van der Waals surface area contributed by atoms with Crippen LogP contribution < -0.4 is 5.32 Å². The van der Waals surface area contributed by atoms with Crippen molar-refractivity contribution in [2.45, 2.75) is 51.7 Å². The van der Waals surface area contributed by atoms with E-state index in [0.717, 1.165) is 19.4 Å². The standard InChI is InChI=1S/C15H23NO/c1-11(2)14-6-4-5-7-15(14)16-13-8-9-17-12(3)10-13/h4-7,11-13,16H,8-10H2,1-3H3. The molecule has 2 rings (SSSR count). The lowest BCUT2D eigenvalue weighted by Crippen LogP contribution is -2.32. The van der Waals surface area contributed by atoms with Crippen LogP contribution in [0.4, 0.5) is 5.69 Å². The van der Waals surface area contributed by atoms with Crippen LogP contribution in [-0.4, -0.2) is 18.8 Å². The molecule has 2 unspecified atom stereocenters. The number of hydrogen-bond acceptors (Lipinski definition) is 2. The number of hydrogen-bond donors (Lipinski definition) is 1. The average Bonchev–Trinajstić information content (AvgIpc) is 2.29. The zero-order valence-corrected chi connectivity index (χ0v) is 11.1. The summed E-state index contributed by atoms with van der Waals surface area (Å²) < 4.78 is 5.58. The zero-order valence-electron chi connectivity index (χ0n) is 11.1. The third-order valence-corrected chi connectivity index (χ3v) is 3.43. The topological polar surface area (TPSA) is 21.3 Å². The quantitative estimate of drug-likeness (QED) is 0.857. The summed E-state index contributed by atoms with van der Waals surface area (Å²) in [4.78, 5) is 0. The molecule has 0 radical (unpaired) electrons. The van der Waals surface area contributed by atoms with E-state index in [0.29, 0.717) is 18.1 Å². The summed E-state index contributed by atoms with van der Waals surface area (Å²) in [5, 5.41) is 3.68. The second-order valence-corrected chi connectivity index (χ2v) is 5.29. The molecule has 0 aliphatic carbocycles. The third-order valence-electron chi connectivity index (χ3n) is 3.43. The molecule has 1 aromatic carbocycles. The van der Waals surface area contributed by atoms with Crippen LogP contribution >= 0.6 is 0 Å². The molecular weight excluding hydrogens is 210 g/mol. The largest absolute Gasteiger partial charge is 0.382 e. The van der Waals surface area contributed by atoms with Gasteiger partial charge in [-0.2, -0.15) is 0 Å². The van der Waals surface area contributed by atoms with Gasteiger partial charge in [-0.3, -0.25) is 0 Å². The Morgan fingerprint density at radius 1 is 1.29 bits per heavy atom. The Morgan fingerprint density at radius 3 is 2.76 bits per heavy atom. The Labute approximate surface area is 104 Å². The van der Waals surface area contributed by atoms with Crippen LogP contribution in [0.15, 0.2) is 24.3 Å². The molecule has 2 atom stereocenters. The maximum absolute atomic E-state index is 5.58. The molecule has 0 aromatic heterocycles. The predicted octanol–water partition coefficient (Wildman–Crippen LogP) is 3.79. The van der Waals surface area contributed by atoms with Crippen molar-refractivity contribution < 1.29 is 4.74 Å². The fraction of sp³-hybridized carbons (Fsp3) is 0.600. The molecule has 1 aromatic rings. The van der Waals surface area contributed by atoms with E-state index in [4.69, 9.17) is 4.74 Å². The van der Waals surface area contributed by atoms with E-state index < -0.39 is 0 Å². The van der Waals surface area contributed by atoms with Crippen molar-refractivity contribution in [3.8, 4) is 0 Å². The van der Waals surface area contributed by atoms with Gasteiger partial charge in [-0.25, -0.2) is 0 Å². The van der Waals surface area contributed by atoms with E-state index >= 15 is 0 Å². The smallest absolute Gasteiger partial charge is 0.0566 e. The number of anilines is 1. The first kappa shape index (κ1) is 12.4. The summed E-state index contributed by atoms with van der Waals surface area (Å²) in [6.45, 7) is 7.52. The third kappa shape index (κ3) is 3.22. The van der Waals surface area contributed by atoms with Gasteiger partial charge >= 0.3 is 0 Å². The number of benzene rings is 1. The first-order valence-corrected chi connectivity index (χ1v) is 6.64. The molecule has 17 heavy (non-hydrogen) atoms. The van der Waals surface area contributed by atoms with Gasteiger partial charge < -0.3 is 10.1 Å². The van der Waals surface area contributed by atoms with Gasteiger partial charge in [-0.15, -0.1) is 0 Å². The van der Waals surface area contributed by atoms with E-state index in [1.54, 1.807) is 0 Å². The first-order chi connectivity index (χ1) is 8.16. The first-order valence-electron chi connectivity index (χ1n) is 6.64. The van der Waals surface area contributed by atoms with Crippen LogP contribution in [0, 0.1) is 0 Å². The number of para-hydroxylation sites is 1. The number of rotatable bonds is 3. The van der Waals surface area contributed by atoms with Crippen LogP contribution in [0.3, 0.4) is 0 Å². The second kappa shape index (κ2) is 5.54. The fourth-order valence-electron chi connectivity index (χ4n) is 2.48.